The summed E-state index contributed by atoms with van der Waals surface area (Å²) in [5.74, 6) is 0.892. The van der Waals surface area contributed by atoms with E-state index in [1.807, 2.05) is 0 Å². The summed E-state index contributed by atoms with van der Waals surface area (Å²) in [6.07, 6.45) is 7.12. The van der Waals surface area contributed by atoms with E-state index >= 15 is 0 Å². The summed E-state index contributed by atoms with van der Waals surface area (Å²) in [5.41, 5.74) is -0.285. The number of rotatable bonds is 5. The average molecular weight is 363 g/mol. The number of nitrogens with zero attached hydrogens (tertiary/aromatic N) is 1. The maximum Gasteiger partial charge on any atom is 0.270 e. The van der Waals surface area contributed by atoms with Crippen molar-refractivity contribution in [2.75, 3.05) is 5.75 Å². The van der Waals surface area contributed by atoms with Crippen LogP contribution < -0.4 is 10.0 Å². The van der Waals surface area contributed by atoms with Gasteiger partial charge < -0.3 is 5.32 Å². The predicted octanol–water partition coefficient (Wildman–Crippen LogP) is 1.84. The van der Waals surface area contributed by atoms with Gasteiger partial charge in [0, 0.05) is 17.3 Å². The first-order chi connectivity index (χ1) is 11.8. The maximum atomic E-state index is 12.7. The molecule has 4 aliphatic rings. The number of carbonyl (C=O) groups is 1. The van der Waals surface area contributed by atoms with Crippen molar-refractivity contribution in [3.63, 3.8) is 0 Å². The van der Waals surface area contributed by atoms with Crippen LogP contribution in [0.15, 0.2) is 24.4 Å². The number of pyridine rings is 1. The molecule has 0 aromatic carbocycles. The Balaban J connectivity index is 1.59. The smallest absolute Gasteiger partial charge is 0.270 e. The van der Waals surface area contributed by atoms with E-state index < -0.39 is 15.6 Å². The van der Waals surface area contributed by atoms with Crippen LogP contribution in [-0.4, -0.2) is 36.1 Å². The van der Waals surface area contributed by atoms with Gasteiger partial charge in [-0.25, -0.2) is 13.1 Å². The SMILES string of the molecule is CCS(=O)(=O)NC12CC3CC(CC(NC(=O)c4ccccn4)(C3)C1)C2. The second kappa shape index (κ2) is 5.77. The van der Waals surface area contributed by atoms with Crippen molar-refractivity contribution in [3.05, 3.63) is 30.1 Å². The Morgan fingerprint density at radius 1 is 1.20 bits per heavy atom. The molecule has 4 fully saturated rings. The highest BCUT2D eigenvalue weighted by molar-refractivity contribution is 7.89. The van der Waals surface area contributed by atoms with Gasteiger partial charge in [-0.3, -0.25) is 9.78 Å². The molecule has 1 aromatic rings. The van der Waals surface area contributed by atoms with E-state index in [1.54, 1.807) is 31.3 Å². The molecule has 25 heavy (non-hydrogen) atoms. The number of aromatic nitrogens is 1. The van der Waals surface area contributed by atoms with Crippen LogP contribution >= 0.6 is 0 Å². The maximum absolute atomic E-state index is 12.7. The first kappa shape index (κ1) is 17.0. The fourth-order valence-electron chi connectivity index (χ4n) is 5.73. The zero-order valence-electron chi connectivity index (χ0n) is 14.5. The second-order valence-corrected chi connectivity index (χ2v) is 10.2. The summed E-state index contributed by atoms with van der Waals surface area (Å²) < 4.78 is 27.4. The zero-order chi connectivity index (χ0) is 17.7. The molecule has 136 valence electrons. The fourth-order valence-corrected chi connectivity index (χ4v) is 6.78. The van der Waals surface area contributed by atoms with Gasteiger partial charge in [0.1, 0.15) is 5.69 Å². The van der Waals surface area contributed by atoms with Crippen LogP contribution in [0.2, 0.25) is 0 Å². The molecule has 1 amide bonds. The van der Waals surface area contributed by atoms with E-state index in [-0.39, 0.29) is 17.2 Å². The molecule has 4 aliphatic carbocycles. The van der Waals surface area contributed by atoms with E-state index in [1.165, 1.54) is 0 Å². The van der Waals surface area contributed by atoms with Crippen molar-refractivity contribution in [2.45, 2.75) is 56.5 Å². The van der Waals surface area contributed by atoms with Gasteiger partial charge in [0.05, 0.1) is 5.75 Å². The molecule has 0 spiro atoms. The molecule has 2 N–H and O–H groups in total. The third kappa shape index (κ3) is 3.19. The van der Waals surface area contributed by atoms with E-state index in [4.69, 9.17) is 0 Å². The molecule has 4 bridgehead atoms. The van der Waals surface area contributed by atoms with Gasteiger partial charge in [-0.1, -0.05) is 6.07 Å². The van der Waals surface area contributed by atoms with Crippen LogP contribution in [0.4, 0.5) is 0 Å². The molecular formula is C18H25N3O3S. The fraction of sp³-hybridized carbons (Fsp3) is 0.667. The van der Waals surface area contributed by atoms with Crippen molar-refractivity contribution >= 4 is 15.9 Å². The highest BCUT2D eigenvalue weighted by Crippen LogP contribution is 2.57. The Hall–Kier alpha value is -1.47. The third-order valence-corrected chi connectivity index (χ3v) is 7.59. The molecule has 2 atom stereocenters. The first-order valence-corrected chi connectivity index (χ1v) is 10.7. The molecule has 6 nitrogen and oxygen atoms in total. The topological polar surface area (TPSA) is 88.2 Å². The first-order valence-electron chi connectivity index (χ1n) is 9.08. The highest BCUT2D eigenvalue weighted by atomic mass is 32.2. The predicted molar refractivity (Wildman–Crippen MR) is 94.4 cm³/mol. The van der Waals surface area contributed by atoms with Crippen molar-refractivity contribution in [1.29, 1.82) is 0 Å². The Labute approximate surface area is 148 Å². The van der Waals surface area contributed by atoms with Crippen LogP contribution in [0.1, 0.15) is 55.9 Å². The van der Waals surface area contributed by atoms with Crippen molar-refractivity contribution in [3.8, 4) is 0 Å². The highest BCUT2D eigenvalue weighted by Gasteiger charge is 2.59. The lowest BCUT2D eigenvalue weighted by Gasteiger charge is -2.62. The van der Waals surface area contributed by atoms with E-state index in [2.05, 4.69) is 15.0 Å². The Kier molecular flexibility index (Phi) is 3.92. The lowest BCUT2D eigenvalue weighted by Crippen LogP contribution is -2.69. The van der Waals surface area contributed by atoms with Gasteiger partial charge in [0.2, 0.25) is 10.0 Å². The monoisotopic (exact) mass is 363 g/mol. The molecule has 5 rings (SSSR count). The number of hydrogen-bond donors (Lipinski definition) is 2. The summed E-state index contributed by atoms with van der Waals surface area (Å²) in [4.78, 5) is 16.8. The van der Waals surface area contributed by atoms with Crippen molar-refractivity contribution in [1.82, 2.24) is 15.0 Å². The van der Waals surface area contributed by atoms with E-state index in [0.29, 0.717) is 24.0 Å². The molecule has 0 radical (unpaired) electrons. The van der Waals surface area contributed by atoms with Crippen LogP contribution in [0.3, 0.4) is 0 Å². The number of hydrogen-bond acceptors (Lipinski definition) is 4. The van der Waals surface area contributed by atoms with Gasteiger partial charge in [0.15, 0.2) is 0 Å². The molecule has 0 saturated heterocycles. The number of amides is 1. The Morgan fingerprint density at radius 2 is 1.88 bits per heavy atom. The summed E-state index contributed by atoms with van der Waals surface area (Å²) in [7, 11) is -3.26. The largest absolute Gasteiger partial charge is 0.345 e. The average Bonchev–Trinajstić information content (AvgIpc) is 2.53. The number of nitrogens with one attached hydrogen (secondary N) is 2. The van der Waals surface area contributed by atoms with E-state index in [0.717, 1.165) is 32.1 Å². The second-order valence-electron chi connectivity index (χ2n) is 8.20. The molecular weight excluding hydrogens is 338 g/mol. The standard InChI is InChI=1S/C18H25N3O3S/c1-2-25(23,24)21-18-10-13-7-14(11-18)9-17(8-13,12-18)20-16(22)15-5-3-4-6-19-15/h3-6,13-14,21H,2,7-12H2,1H3,(H,20,22). The summed E-state index contributed by atoms with van der Waals surface area (Å²) >= 11 is 0. The summed E-state index contributed by atoms with van der Waals surface area (Å²) in [5, 5.41) is 3.23. The van der Waals surface area contributed by atoms with Gasteiger partial charge >= 0.3 is 0 Å². The van der Waals surface area contributed by atoms with Gasteiger partial charge in [-0.05, 0) is 69.4 Å². The Morgan fingerprint density at radius 3 is 2.48 bits per heavy atom. The van der Waals surface area contributed by atoms with Crippen LogP contribution in [0, 0.1) is 11.8 Å². The van der Waals surface area contributed by atoms with Gasteiger partial charge in [-0.15, -0.1) is 0 Å². The normalized spacial score (nSPS) is 36.4. The van der Waals surface area contributed by atoms with Gasteiger partial charge in [-0.2, -0.15) is 0 Å². The third-order valence-electron chi connectivity index (χ3n) is 6.09. The van der Waals surface area contributed by atoms with E-state index in [9.17, 15) is 13.2 Å². The molecule has 1 aromatic heterocycles. The molecule has 0 aliphatic heterocycles. The lowest BCUT2D eigenvalue weighted by molar-refractivity contribution is -0.0390. The quantitative estimate of drug-likeness (QED) is 0.835. The minimum Gasteiger partial charge on any atom is -0.345 e. The molecule has 1 heterocycles. The lowest BCUT2D eigenvalue weighted by atomic mass is 9.50. The minimum atomic E-state index is -3.26. The summed E-state index contributed by atoms with van der Waals surface area (Å²) in [6.45, 7) is 1.67. The number of sulfonamides is 1. The zero-order valence-corrected chi connectivity index (χ0v) is 15.3. The van der Waals surface area contributed by atoms with Crippen molar-refractivity contribution in [2.24, 2.45) is 11.8 Å². The number of carbonyl (C=O) groups excluding carboxylic acids is 1. The molecule has 2 unspecified atom stereocenters. The van der Waals surface area contributed by atoms with Crippen molar-refractivity contribution < 1.29 is 13.2 Å². The van der Waals surface area contributed by atoms with Crippen LogP contribution in [0.25, 0.3) is 0 Å². The van der Waals surface area contributed by atoms with Crippen LogP contribution in [0.5, 0.6) is 0 Å². The molecule has 4 saturated carbocycles. The van der Waals surface area contributed by atoms with Gasteiger partial charge in [0.25, 0.3) is 5.91 Å². The minimum absolute atomic E-state index is 0.0946. The Bertz CT molecular complexity index is 764. The van der Waals surface area contributed by atoms with Crippen LogP contribution in [-0.2, 0) is 10.0 Å². The molecule has 7 heteroatoms. The summed E-state index contributed by atoms with van der Waals surface area (Å²) in [6, 6.07) is 5.31.